The summed E-state index contributed by atoms with van der Waals surface area (Å²) < 4.78 is 9.14. The first-order chi connectivity index (χ1) is 29.7. The number of hydrogen-bond donors (Lipinski definition) is 0. The van der Waals surface area contributed by atoms with Gasteiger partial charge in [-0.1, -0.05) is 164 Å². The summed E-state index contributed by atoms with van der Waals surface area (Å²) in [5, 5.41) is 5.57. The van der Waals surface area contributed by atoms with Crippen molar-refractivity contribution in [3.05, 3.63) is 194 Å². The van der Waals surface area contributed by atoms with Gasteiger partial charge in [-0.3, -0.25) is 0 Å². The predicted molar refractivity (Wildman–Crippen MR) is 248 cm³/mol. The van der Waals surface area contributed by atoms with Crippen LogP contribution in [0.3, 0.4) is 0 Å². The van der Waals surface area contributed by atoms with Gasteiger partial charge in [-0.2, -0.15) is 0 Å². The van der Waals surface area contributed by atoms with Crippen LogP contribution >= 0.6 is 11.3 Å². The molecule has 0 fully saturated rings. The molecule has 0 aliphatic rings. The monoisotopic (exact) mass is 784 g/mol. The first-order valence-electron chi connectivity index (χ1n) is 20.0. The maximum Gasteiger partial charge on any atom is 0.164 e. The molecule has 0 unspecified atom stereocenters. The molecule has 0 saturated heterocycles. The van der Waals surface area contributed by atoms with Gasteiger partial charge < -0.3 is 4.42 Å². The van der Waals surface area contributed by atoms with Crippen molar-refractivity contribution in [1.29, 1.82) is 0 Å². The van der Waals surface area contributed by atoms with E-state index in [4.69, 9.17) is 24.4 Å². The number of nitrogens with zero attached hydrogens (tertiary/aromatic N) is 4. The van der Waals surface area contributed by atoms with Gasteiger partial charge in [-0.15, -0.1) is 11.3 Å². The molecular weight excluding hydrogens is 753 g/mol. The van der Waals surface area contributed by atoms with Crippen LogP contribution in [0.25, 0.3) is 121 Å². The van der Waals surface area contributed by atoms with E-state index in [0.29, 0.717) is 17.5 Å². The number of pyridine rings is 1. The fourth-order valence-corrected chi connectivity index (χ4v) is 9.65. The highest BCUT2D eigenvalue weighted by Crippen LogP contribution is 2.42. The van der Waals surface area contributed by atoms with E-state index in [1.807, 2.05) is 59.9 Å². The molecule has 8 aromatic carbocycles. The zero-order valence-electron chi connectivity index (χ0n) is 32.1. The van der Waals surface area contributed by atoms with Crippen LogP contribution in [0.4, 0.5) is 0 Å². The fourth-order valence-electron chi connectivity index (χ4n) is 8.41. The Balaban J connectivity index is 0.983. The highest BCUT2D eigenvalue weighted by molar-refractivity contribution is 7.26. The smallest absolute Gasteiger partial charge is 0.164 e. The van der Waals surface area contributed by atoms with Crippen molar-refractivity contribution in [2.24, 2.45) is 0 Å². The summed E-state index contributed by atoms with van der Waals surface area (Å²) >= 11 is 1.83. The van der Waals surface area contributed by atoms with Gasteiger partial charge in [0.05, 0.1) is 16.6 Å². The zero-order chi connectivity index (χ0) is 39.6. The normalized spacial score (nSPS) is 11.7. The van der Waals surface area contributed by atoms with Crippen molar-refractivity contribution in [2.75, 3.05) is 0 Å². The van der Waals surface area contributed by atoms with Crippen molar-refractivity contribution in [3.63, 3.8) is 0 Å². The minimum absolute atomic E-state index is 0.597. The van der Waals surface area contributed by atoms with Gasteiger partial charge in [0.25, 0.3) is 0 Å². The van der Waals surface area contributed by atoms with Crippen LogP contribution in [0.15, 0.2) is 199 Å². The molecule has 0 atom stereocenters. The predicted octanol–water partition coefficient (Wildman–Crippen LogP) is 14.7. The molecule has 0 bridgehead atoms. The Bertz CT molecular complexity index is 3600. The Hall–Kier alpha value is -7.80. The van der Waals surface area contributed by atoms with Crippen molar-refractivity contribution < 1.29 is 4.42 Å². The summed E-state index contributed by atoms with van der Waals surface area (Å²) in [6, 6.07) is 67.3. The summed E-state index contributed by atoms with van der Waals surface area (Å²) in [6.45, 7) is 0. The van der Waals surface area contributed by atoms with E-state index in [0.717, 1.165) is 77.5 Å². The van der Waals surface area contributed by atoms with E-state index in [2.05, 4.69) is 146 Å². The lowest BCUT2D eigenvalue weighted by Crippen LogP contribution is -2.00. The van der Waals surface area contributed by atoms with Crippen LogP contribution in [0.1, 0.15) is 0 Å². The van der Waals surface area contributed by atoms with Crippen molar-refractivity contribution in [3.8, 4) is 67.7 Å². The molecule has 0 radical (unpaired) electrons. The SMILES string of the molecule is c1ccc(-c2ccc3c(c2)nc(-c2ccc(-c4nc(-c5ccccc5)nc(-c5cccc(-c6cccc7c6sc6ccccc67)c5)n4)cc2)c2c4ccccc4oc32)cc1. The topological polar surface area (TPSA) is 64.7 Å². The Morgan fingerprint density at radius 3 is 1.75 bits per heavy atom. The summed E-state index contributed by atoms with van der Waals surface area (Å²) in [7, 11) is 0. The summed E-state index contributed by atoms with van der Waals surface area (Å²) in [5.41, 5.74) is 11.7. The van der Waals surface area contributed by atoms with Crippen molar-refractivity contribution >= 4 is 64.4 Å². The largest absolute Gasteiger partial charge is 0.455 e. The Labute approximate surface area is 348 Å². The quantitative estimate of drug-likeness (QED) is 0.168. The number of rotatable bonds is 6. The maximum absolute atomic E-state index is 6.58. The molecular formula is C54H32N4OS. The van der Waals surface area contributed by atoms with Crippen LogP contribution in [-0.2, 0) is 0 Å². The lowest BCUT2D eigenvalue weighted by atomic mass is 9.99. The molecule has 6 heteroatoms. The second kappa shape index (κ2) is 13.9. The second-order valence-corrected chi connectivity index (χ2v) is 16.0. The molecule has 60 heavy (non-hydrogen) atoms. The standard InChI is InChI=1S/C54H32N4OS/c1-3-13-33(14-4-1)37-29-30-43-45(32-37)55-49(48-44-20-7-9-23-46(44)59-50(43)48)34-25-27-36(28-26-34)53-56-52(35-15-5-2-6-16-35)57-54(58-53)39-18-11-17-38(31-39)40-21-12-22-42-41-19-8-10-24-47(41)60-51(40)42/h1-32H. The molecule has 0 aliphatic heterocycles. The third-order valence-electron chi connectivity index (χ3n) is 11.3. The number of furan rings is 1. The molecule has 12 rings (SSSR count). The number of benzene rings is 8. The Morgan fingerprint density at radius 2 is 0.950 bits per heavy atom. The van der Waals surface area contributed by atoms with Gasteiger partial charge in [0.15, 0.2) is 17.5 Å². The summed E-state index contributed by atoms with van der Waals surface area (Å²) in [4.78, 5) is 20.6. The van der Waals surface area contributed by atoms with Gasteiger partial charge in [0.1, 0.15) is 11.2 Å². The molecule has 4 heterocycles. The summed E-state index contributed by atoms with van der Waals surface area (Å²) in [5.74, 6) is 1.83. The first kappa shape index (κ1) is 34.3. The zero-order valence-corrected chi connectivity index (χ0v) is 32.9. The van der Waals surface area contributed by atoms with Crippen molar-refractivity contribution in [2.45, 2.75) is 0 Å². The maximum atomic E-state index is 6.58. The lowest BCUT2D eigenvalue weighted by Gasteiger charge is -2.11. The average Bonchev–Trinajstić information content (AvgIpc) is 3.91. The number of thiophene rings is 1. The van der Waals surface area contributed by atoms with Crippen LogP contribution in [0.2, 0.25) is 0 Å². The van der Waals surface area contributed by atoms with Crippen molar-refractivity contribution in [1.82, 2.24) is 19.9 Å². The first-order valence-corrected chi connectivity index (χ1v) is 20.8. The van der Waals surface area contributed by atoms with E-state index in [1.54, 1.807) is 0 Å². The molecule has 5 nitrogen and oxygen atoms in total. The van der Waals surface area contributed by atoms with E-state index in [1.165, 1.54) is 25.7 Å². The highest BCUT2D eigenvalue weighted by atomic mass is 32.1. The van der Waals surface area contributed by atoms with Gasteiger partial charge in [0, 0.05) is 53.2 Å². The third-order valence-corrected chi connectivity index (χ3v) is 12.6. The van der Waals surface area contributed by atoms with Crippen LogP contribution in [0, 0.1) is 0 Å². The van der Waals surface area contributed by atoms with Gasteiger partial charge >= 0.3 is 0 Å². The number of para-hydroxylation sites is 1. The van der Waals surface area contributed by atoms with Crippen LogP contribution < -0.4 is 0 Å². The van der Waals surface area contributed by atoms with Gasteiger partial charge in [0.2, 0.25) is 0 Å². The molecule has 0 N–H and O–H groups in total. The molecule has 0 aliphatic carbocycles. The van der Waals surface area contributed by atoms with E-state index < -0.39 is 0 Å². The Morgan fingerprint density at radius 1 is 0.367 bits per heavy atom. The number of fused-ring (bicyclic) bond motifs is 8. The second-order valence-electron chi connectivity index (χ2n) is 15.0. The third kappa shape index (κ3) is 5.76. The van der Waals surface area contributed by atoms with E-state index in [-0.39, 0.29) is 0 Å². The highest BCUT2D eigenvalue weighted by Gasteiger charge is 2.20. The fraction of sp³-hybridized carbons (Fsp3) is 0. The van der Waals surface area contributed by atoms with Gasteiger partial charge in [-0.25, -0.2) is 19.9 Å². The van der Waals surface area contributed by atoms with Crippen LogP contribution in [-0.4, -0.2) is 19.9 Å². The van der Waals surface area contributed by atoms with E-state index >= 15 is 0 Å². The molecule has 4 aromatic heterocycles. The van der Waals surface area contributed by atoms with Gasteiger partial charge in [-0.05, 0) is 52.6 Å². The molecule has 12 aromatic rings. The minimum atomic E-state index is 0.597. The average molecular weight is 785 g/mol. The minimum Gasteiger partial charge on any atom is -0.455 e. The molecule has 0 saturated carbocycles. The molecule has 0 amide bonds. The van der Waals surface area contributed by atoms with E-state index in [9.17, 15) is 0 Å². The molecule has 280 valence electrons. The van der Waals surface area contributed by atoms with Crippen LogP contribution in [0.5, 0.6) is 0 Å². The Kier molecular flexibility index (Phi) is 7.96. The lowest BCUT2D eigenvalue weighted by molar-refractivity contribution is 0.672. The number of aromatic nitrogens is 4. The number of hydrogen-bond acceptors (Lipinski definition) is 6. The summed E-state index contributed by atoms with van der Waals surface area (Å²) in [6.07, 6.45) is 0. The molecule has 0 spiro atoms.